The van der Waals surface area contributed by atoms with Gasteiger partial charge in [0.15, 0.2) is 0 Å². The number of benzene rings is 2. The Morgan fingerprint density at radius 3 is 2.25 bits per heavy atom. The number of rotatable bonds is 14. The maximum absolute atomic E-state index is 13.7. The van der Waals surface area contributed by atoms with Crippen LogP contribution in [0.5, 0.6) is 0 Å². The van der Waals surface area contributed by atoms with Crippen LogP contribution in [0.2, 0.25) is 0 Å². The second kappa shape index (κ2) is 15.4. The first kappa shape index (κ1) is 34.1. The van der Waals surface area contributed by atoms with E-state index in [1.54, 1.807) is 38.2 Å². The third-order valence-electron chi connectivity index (χ3n) is 7.34. The van der Waals surface area contributed by atoms with Crippen molar-refractivity contribution in [3.05, 3.63) is 65.7 Å². The van der Waals surface area contributed by atoms with Gasteiger partial charge in [0, 0.05) is 25.1 Å². The number of carbonyl (C=O) groups excluding carboxylic acids is 5. The molecular formula is C29H37FN6O7S. The molecule has 1 saturated heterocycles. The van der Waals surface area contributed by atoms with E-state index in [0.29, 0.717) is 12.8 Å². The Bertz CT molecular complexity index is 1460. The van der Waals surface area contributed by atoms with Crippen LogP contribution in [-0.4, -0.2) is 87.2 Å². The first-order valence-electron chi connectivity index (χ1n) is 14.1. The van der Waals surface area contributed by atoms with E-state index >= 15 is 0 Å². The fraction of sp³-hybridized carbons (Fsp3) is 0.414. The molecule has 15 heteroatoms. The summed E-state index contributed by atoms with van der Waals surface area (Å²) >= 11 is 0. The van der Waals surface area contributed by atoms with Gasteiger partial charge < -0.3 is 31.9 Å². The molecule has 1 heterocycles. The van der Waals surface area contributed by atoms with Gasteiger partial charge in [0.25, 0.3) is 5.91 Å². The van der Waals surface area contributed by atoms with Gasteiger partial charge in [-0.05, 0) is 63.1 Å². The third-order valence-corrected chi connectivity index (χ3v) is 8.17. The summed E-state index contributed by atoms with van der Waals surface area (Å²) in [7, 11) is -3.34. The average Bonchev–Trinajstić information content (AvgIpc) is 3.49. The van der Waals surface area contributed by atoms with E-state index in [1.807, 2.05) is 6.07 Å². The predicted molar refractivity (Wildman–Crippen MR) is 158 cm³/mol. The van der Waals surface area contributed by atoms with Crippen LogP contribution in [-0.2, 0) is 35.8 Å². The second-order valence-corrected chi connectivity index (χ2v) is 11.8. The van der Waals surface area contributed by atoms with E-state index < -0.39 is 68.8 Å². The van der Waals surface area contributed by atoms with Crippen molar-refractivity contribution in [3.8, 4) is 0 Å². The van der Waals surface area contributed by atoms with E-state index in [1.165, 1.54) is 4.90 Å². The Morgan fingerprint density at radius 1 is 1.00 bits per heavy atom. The fourth-order valence-electron chi connectivity index (χ4n) is 4.73. The molecule has 44 heavy (non-hydrogen) atoms. The summed E-state index contributed by atoms with van der Waals surface area (Å²) in [5.74, 6) is -2.89. The number of carbonyl (C=O) groups is 5. The number of nitrogens with two attached hydrogens (primary N) is 1. The second-order valence-electron chi connectivity index (χ2n) is 10.4. The molecule has 13 nitrogen and oxygen atoms in total. The van der Waals surface area contributed by atoms with Gasteiger partial charge in [-0.1, -0.05) is 30.3 Å². The Kier molecular flexibility index (Phi) is 11.9. The van der Waals surface area contributed by atoms with Gasteiger partial charge in [0.1, 0.15) is 18.1 Å². The normalized spacial score (nSPS) is 16.8. The van der Waals surface area contributed by atoms with Crippen LogP contribution in [0.3, 0.4) is 0 Å². The average molecular weight is 633 g/mol. The minimum Gasteiger partial charge on any atom is -0.368 e. The van der Waals surface area contributed by atoms with Gasteiger partial charge in [-0.3, -0.25) is 24.0 Å². The molecule has 4 unspecified atom stereocenters. The van der Waals surface area contributed by atoms with Crippen molar-refractivity contribution in [2.75, 3.05) is 20.1 Å². The van der Waals surface area contributed by atoms with Gasteiger partial charge in [-0.15, -0.1) is 3.89 Å². The molecule has 1 aliphatic heterocycles. The number of hydrogen-bond donors (Lipinski definition) is 5. The van der Waals surface area contributed by atoms with E-state index in [2.05, 4.69) is 21.3 Å². The molecule has 0 spiro atoms. The topological polar surface area (TPSA) is 197 Å². The molecule has 238 valence electrons. The lowest BCUT2D eigenvalue weighted by molar-refractivity contribution is -0.142. The van der Waals surface area contributed by atoms with E-state index in [-0.39, 0.29) is 31.5 Å². The first-order chi connectivity index (χ1) is 20.8. The summed E-state index contributed by atoms with van der Waals surface area (Å²) in [4.78, 5) is 65.2. The number of nitrogens with zero attached hydrogens (tertiary/aromatic N) is 1. The molecule has 0 aliphatic carbocycles. The van der Waals surface area contributed by atoms with Crippen molar-refractivity contribution in [2.24, 2.45) is 5.73 Å². The Balaban J connectivity index is 1.70. The highest BCUT2D eigenvalue weighted by atomic mass is 32.3. The Labute approximate surface area is 255 Å². The standard InChI is InChI=1S/C29H37FN6O7S/c1-18(32-2)26(38)34-22(14-15-33-27(39)20-10-12-21(13-11-20)44(30,42)43)29(41)36-16-6-9-24(36)28(40)35-23(25(31)37)17-19-7-4-3-5-8-19/h3-5,7-8,10-13,18,22-24,32H,6,9,14-17H2,1-2H3,(H2,31,37)(H,33,39)(H,34,38)(H,35,40). The van der Waals surface area contributed by atoms with Crippen LogP contribution < -0.4 is 27.0 Å². The molecule has 0 saturated carbocycles. The zero-order chi connectivity index (χ0) is 32.4. The number of hydrogen-bond acceptors (Lipinski definition) is 8. The van der Waals surface area contributed by atoms with E-state index in [4.69, 9.17) is 5.73 Å². The number of likely N-dealkylation sites (tertiary alicyclic amines) is 1. The number of amides is 5. The highest BCUT2D eigenvalue weighted by molar-refractivity contribution is 7.86. The van der Waals surface area contributed by atoms with Crippen molar-refractivity contribution in [3.63, 3.8) is 0 Å². The lowest BCUT2D eigenvalue weighted by Crippen LogP contribution is -2.57. The van der Waals surface area contributed by atoms with Crippen molar-refractivity contribution in [1.29, 1.82) is 0 Å². The summed E-state index contributed by atoms with van der Waals surface area (Å²) < 4.78 is 35.2. The molecule has 4 atom stereocenters. The predicted octanol–water partition coefficient (Wildman–Crippen LogP) is -0.239. The van der Waals surface area contributed by atoms with Gasteiger partial charge in [-0.2, -0.15) is 8.42 Å². The number of nitrogens with one attached hydrogen (secondary N) is 4. The van der Waals surface area contributed by atoms with E-state index in [9.17, 15) is 36.3 Å². The quantitative estimate of drug-likeness (QED) is 0.176. The lowest BCUT2D eigenvalue weighted by atomic mass is 10.0. The van der Waals surface area contributed by atoms with E-state index in [0.717, 1.165) is 29.8 Å². The molecule has 1 fully saturated rings. The highest BCUT2D eigenvalue weighted by Crippen LogP contribution is 2.20. The van der Waals surface area contributed by atoms with Gasteiger partial charge in [0.2, 0.25) is 23.6 Å². The zero-order valence-electron chi connectivity index (χ0n) is 24.4. The van der Waals surface area contributed by atoms with Gasteiger partial charge >= 0.3 is 10.2 Å². The van der Waals surface area contributed by atoms with Gasteiger partial charge in [0.05, 0.1) is 10.9 Å². The minimum atomic E-state index is -4.92. The lowest BCUT2D eigenvalue weighted by Gasteiger charge is -2.30. The zero-order valence-corrected chi connectivity index (χ0v) is 25.2. The molecule has 0 radical (unpaired) electrons. The maximum Gasteiger partial charge on any atom is 0.332 e. The largest absolute Gasteiger partial charge is 0.368 e. The number of primary amides is 1. The van der Waals surface area contributed by atoms with Crippen LogP contribution in [0.4, 0.5) is 3.89 Å². The summed E-state index contributed by atoms with van der Waals surface area (Å²) in [6.07, 6.45) is 0.990. The number of halogens is 1. The molecule has 2 aromatic carbocycles. The Morgan fingerprint density at radius 2 is 1.66 bits per heavy atom. The smallest absolute Gasteiger partial charge is 0.332 e. The molecule has 2 aromatic rings. The summed E-state index contributed by atoms with van der Waals surface area (Å²) in [6.45, 7) is 1.77. The fourth-order valence-corrected chi connectivity index (χ4v) is 5.19. The first-order valence-corrected chi connectivity index (χ1v) is 15.4. The molecule has 0 aromatic heterocycles. The SMILES string of the molecule is CNC(C)C(=O)NC(CCNC(=O)c1ccc(S(=O)(=O)F)cc1)C(=O)N1CCCC1C(=O)NC(Cc1ccccc1)C(N)=O. The van der Waals surface area contributed by atoms with Crippen molar-refractivity contribution < 1.29 is 36.3 Å². The molecule has 0 bridgehead atoms. The van der Waals surface area contributed by atoms with Crippen LogP contribution in [0.1, 0.15) is 42.1 Å². The summed E-state index contributed by atoms with van der Waals surface area (Å²) in [5.41, 5.74) is 6.41. The monoisotopic (exact) mass is 632 g/mol. The van der Waals surface area contributed by atoms with Crippen molar-refractivity contribution >= 4 is 39.8 Å². The van der Waals surface area contributed by atoms with Crippen LogP contribution in [0.15, 0.2) is 59.5 Å². The molecule has 6 N–H and O–H groups in total. The molecule has 1 aliphatic rings. The highest BCUT2D eigenvalue weighted by Gasteiger charge is 2.39. The van der Waals surface area contributed by atoms with Crippen molar-refractivity contribution in [1.82, 2.24) is 26.2 Å². The minimum absolute atomic E-state index is 0.0353. The van der Waals surface area contributed by atoms with Crippen LogP contribution in [0, 0.1) is 0 Å². The van der Waals surface area contributed by atoms with Crippen molar-refractivity contribution in [2.45, 2.75) is 61.7 Å². The maximum atomic E-state index is 13.7. The third kappa shape index (κ3) is 9.31. The summed E-state index contributed by atoms with van der Waals surface area (Å²) in [6, 6.07) is 9.57. The molecular weight excluding hydrogens is 595 g/mol. The van der Waals surface area contributed by atoms with Crippen LogP contribution >= 0.6 is 0 Å². The Hall–Kier alpha value is -4.37. The molecule has 3 rings (SSSR count). The van der Waals surface area contributed by atoms with Crippen LogP contribution in [0.25, 0.3) is 0 Å². The molecule has 5 amide bonds. The number of likely N-dealkylation sites (N-methyl/N-ethyl adjacent to an activating group) is 1. The summed E-state index contributed by atoms with van der Waals surface area (Å²) in [5, 5.41) is 10.7. The van der Waals surface area contributed by atoms with Gasteiger partial charge in [-0.25, -0.2) is 0 Å².